The molecule has 0 aliphatic rings. The van der Waals surface area contributed by atoms with E-state index < -0.39 is 0 Å². The van der Waals surface area contributed by atoms with Gasteiger partial charge in [0.05, 0.1) is 0 Å². The van der Waals surface area contributed by atoms with Crippen LogP contribution in [0.5, 0.6) is 0 Å². The summed E-state index contributed by atoms with van der Waals surface area (Å²) in [7, 11) is 0. The van der Waals surface area contributed by atoms with Crippen molar-refractivity contribution in [2.45, 2.75) is 16.5 Å². The van der Waals surface area contributed by atoms with Crippen molar-refractivity contribution in [1.29, 1.82) is 0 Å². The predicted octanol–water partition coefficient (Wildman–Crippen LogP) is 2.12. The third-order valence-corrected chi connectivity index (χ3v) is 4.27. The molecule has 0 bridgehead atoms. The van der Waals surface area contributed by atoms with Crippen molar-refractivity contribution >= 4 is 34.1 Å². The first kappa shape index (κ1) is 14.0. The normalized spacial score (nSPS) is 10.4. The molecular weight excluding hydrogens is 280 g/mol. The van der Waals surface area contributed by atoms with E-state index in [-0.39, 0.29) is 5.91 Å². The highest BCUT2D eigenvalue weighted by Crippen LogP contribution is 2.28. The summed E-state index contributed by atoms with van der Waals surface area (Å²) in [4.78, 5) is 11.3. The average Bonchev–Trinajstić information content (AvgIpc) is 2.85. The Hall–Kier alpha value is -1.44. The Balaban J connectivity index is 1.85. The van der Waals surface area contributed by atoms with Crippen molar-refractivity contribution in [3.05, 3.63) is 35.9 Å². The highest BCUT2D eigenvalue weighted by molar-refractivity contribution is 8.00. The molecule has 0 radical (unpaired) electrons. The van der Waals surface area contributed by atoms with Crippen LogP contribution < -0.4 is 11.1 Å². The number of aromatic nitrogens is 2. The third kappa shape index (κ3) is 4.62. The van der Waals surface area contributed by atoms with Crippen LogP contribution in [0.25, 0.3) is 0 Å². The SMILES string of the molecule is NCCC(=O)Nc1nnc(SCc2ccccc2)s1. The van der Waals surface area contributed by atoms with E-state index in [1.807, 2.05) is 18.2 Å². The Labute approximate surface area is 119 Å². The Morgan fingerprint density at radius 2 is 2.11 bits per heavy atom. The number of carbonyl (C=O) groups is 1. The first-order chi connectivity index (χ1) is 9.28. The minimum Gasteiger partial charge on any atom is -0.330 e. The summed E-state index contributed by atoms with van der Waals surface area (Å²) in [5.41, 5.74) is 6.54. The van der Waals surface area contributed by atoms with E-state index in [1.54, 1.807) is 11.8 Å². The van der Waals surface area contributed by atoms with E-state index in [0.717, 1.165) is 10.1 Å². The van der Waals surface area contributed by atoms with Crippen molar-refractivity contribution in [2.75, 3.05) is 11.9 Å². The lowest BCUT2D eigenvalue weighted by atomic mass is 10.2. The molecule has 7 heteroatoms. The fourth-order valence-electron chi connectivity index (χ4n) is 1.35. The molecule has 1 aromatic heterocycles. The first-order valence-electron chi connectivity index (χ1n) is 5.78. The Morgan fingerprint density at radius 3 is 2.84 bits per heavy atom. The molecule has 0 unspecified atom stereocenters. The van der Waals surface area contributed by atoms with Gasteiger partial charge in [-0.2, -0.15) is 0 Å². The highest BCUT2D eigenvalue weighted by atomic mass is 32.2. The number of benzene rings is 1. The fourth-order valence-corrected chi connectivity index (χ4v) is 3.07. The van der Waals surface area contributed by atoms with Gasteiger partial charge in [-0.1, -0.05) is 53.4 Å². The van der Waals surface area contributed by atoms with Crippen LogP contribution >= 0.6 is 23.1 Å². The summed E-state index contributed by atoms with van der Waals surface area (Å²) in [5, 5.41) is 11.2. The zero-order chi connectivity index (χ0) is 13.5. The molecule has 0 fully saturated rings. The van der Waals surface area contributed by atoms with Crippen LogP contribution in [0.3, 0.4) is 0 Å². The van der Waals surface area contributed by atoms with Crippen LogP contribution in [0.1, 0.15) is 12.0 Å². The Morgan fingerprint density at radius 1 is 1.32 bits per heavy atom. The molecule has 0 aliphatic heterocycles. The largest absolute Gasteiger partial charge is 0.330 e. The zero-order valence-electron chi connectivity index (χ0n) is 10.2. The number of thioether (sulfide) groups is 1. The van der Waals surface area contributed by atoms with Crippen LogP contribution in [-0.4, -0.2) is 22.6 Å². The summed E-state index contributed by atoms with van der Waals surface area (Å²) in [5.74, 6) is 0.713. The van der Waals surface area contributed by atoms with Crippen LogP contribution in [0.4, 0.5) is 5.13 Å². The van der Waals surface area contributed by atoms with Crippen LogP contribution in [0.15, 0.2) is 34.7 Å². The van der Waals surface area contributed by atoms with Gasteiger partial charge in [-0.15, -0.1) is 10.2 Å². The second kappa shape index (κ2) is 7.22. The van der Waals surface area contributed by atoms with Crippen molar-refractivity contribution in [3.8, 4) is 0 Å². The minimum absolute atomic E-state index is 0.127. The smallest absolute Gasteiger partial charge is 0.227 e. The molecule has 19 heavy (non-hydrogen) atoms. The molecular formula is C12H14N4OS2. The molecule has 1 amide bonds. The summed E-state index contributed by atoms with van der Waals surface area (Å²) >= 11 is 2.98. The first-order valence-corrected chi connectivity index (χ1v) is 7.58. The van der Waals surface area contributed by atoms with E-state index in [9.17, 15) is 4.79 Å². The maximum atomic E-state index is 11.3. The number of rotatable bonds is 6. The number of nitrogens with one attached hydrogen (secondary N) is 1. The third-order valence-electron chi connectivity index (χ3n) is 2.23. The van der Waals surface area contributed by atoms with Gasteiger partial charge >= 0.3 is 0 Å². The molecule has 3 N–H and O–H groups in total. The summed E-state index contributed by atoms with van der Waals surface area (Å²) in [6.45, 7) is 0.334. The molecule has 0 aliphatic carbocycles. The van der Waals surface area contributed by atoms with Gasteiger partial charge in [0.15, 0.2) is 4.34 Å². The standard InChI is InChI=1S/C12H14N4OS2/c13-7-6-10(17)14-11-15-16-12(19-11)18-8-9-4-2-1-3-5-9/h1-5H,6-8,13H2,(H,14,15,17). The maximum Gasteiger partial charge on any atom is 0.227 e. The average molecular weight is 294 g/mol. The van der Waals surface area contributed by atoms with Crippen molar-refractivity contribution in [2.24, 2.45) is 5.73 Å². The monoisotopic (exact) mass is 294 g/mol. The Kier molecular flexibility index (Phi) is 5.31. The van der Waals surface area contributed by atoms with Gasteiger partial charge in [-0.05, 0) is 5.56 Å². The topological polar surface area (TPSA) is 80.9 Å². The van der Waals surface area contributed by atoms with Crippen molar-refractivity contribution < 1.29 is 4.79 Å². The Bertz CT molecular complexity index is 530. The van der Waals surface area contributed by atoms with E-state index in [0.29, 0.717) is 18.1 Å². The van der Waals surface area contributed by atoms with Gasteiger partial charge in [-0.25, -0.2) is 0 Å². The maximum absolute atomic E-state index is 11.3. The van der Waals surface area contributed by atoms with Gasteiger partial charge in [0.25, 0.3) is 0 Å². The molecule has 0 spiro atoms. The molecule has 100 valence electrons. The van der Waals surface area contributed by atoms with E-state index in [4.69, 9.17) is 5.73 Å². The van der Waals surface area contributed by atoms with Gasteiger partial charge in [0.2, 0.25) is 11.0 Å². The molecule has 5 nitrogen and oxygen atoms in total. The number of hydrogen-bond donors (Lipinski definition) is 2. The molecule has 2 aromatic rings. The second-order valence-corrected chi connectivity index (χ2v) is 5.93. The van der Waals surface area contributed by atoms with E-state index >= 15 is 0 Å². The van der Waals surface area contributed by atoms with Gasteiger partial charge in [0.1, 0.15) is 0 Å². The van der Waals surface area contributed by atoms with Crippen molar-refractivity contribution in [3.63, 3.8) is 0 Å². The molecule has 0 saturated heterocycles. The summed E-state index contributed by atoms with van der Waals surface area (Å²) in [6.07, 6.45) is 0.298. The van der Waals surface area contributed by atoms with E-state index in [1.165, 1.54) is 16.9 Å². The predicted molar refractivity (Wildman–Crippen MR) is 78.2 cm³/mol. The van der Waals surface area contributed by atoms with Gasteiger partial charge in [0, 0.05) is 18.7 Å². The number of hydrogen-bond acceptors (Lipinski definition) is 6. The highest BCUT2D eigenvalue weighted by Gasteiger charge is 2.08. The van der Waals surface area contributed by atoms with E-state index in [2.05, 4.69) is 27.6 Å². The zero-order valence-corrected chi connectivity index (χ0v) is 11.8. The number of amides is 1. The lowest BCUT2D eigenvalue weighted by molar-refractivity contribution is -0.116. The quantitative estimate of drug-likeness (QED) is 0.630. The summed E-state index contributed by atoms with van der Waals surface area (Å²) < 4.78 is 0.840. The minimum atomic E-state index is -0.127. The molecule has 1 aromatic carbocycles. The molecule has 1 heterocycles. The van der Waals surface area contributed by atoms with Crippen LogP contribution in [0.2, 0.25) is 0 Å². The molecule has 2 rings (SSSR count). The van der Waals surface area contributed by atoms with Crippen LogP contribution in [0, 0.1) is 0 Å². The second-order valence-electron chi connectivity index (χ2n) is 3.73. The molecule has 0 atom stereocenters. The lowest BCUT2D eigenvalue weighted by Crippen LogP contribution is -2.15. The number of nitrogens with two attached hydrogens (primary N) is 1. The number of carbonyl (C=O) groups excluding carboxylic acids is 1. The van der Waals surface area contributed by atoms with Crippen LogP contribution in [-0.2, 0) is 10.5 Å². The summed E-state index contributed by atoms with van der Waals surface area (Å²) in [6, 6.07) is 10.1. The number of nitrogens with zero attached hydrogens (tertiary/aromatic N) is 2. The fraction of sp³-hybridized carbons (Fsp3) is 0.250. The number of anilines is 1. The molecule has 0 saturated carbocycles. The lowest BCUT2D eigenvalue weighted by Gasteiger charge is -1.97. The van der Waals surface area contributed by atoms with Gasteiger partial charge < -0.3 is 11.1 Å². The van der Waals surface area contributed by atoms with Crippen molar-refractivity contribution in [1.82, 2.24) is 10.2 Å². The van der Waals surface area contributed by atoms with Gasteiger partial charge in [-0.3, -0.25) is 4.79 Å².